The summed E-state index contributed by atoms with van der Waals surface area (Å²) in [7, 11) is 1.34. The van der Waals surface area contributed by atoms with Crippen molar-refractivity contribution in [2.24, 2.45) is 5.73 Å². The highest BCUT2D eigenvalue weighted by atomic mass is 32.1. The molecule has 0 aliphatic rings. The lowest BCUT2D eigenvalue weighted by Crippen LogP contribution is -2.33. The molecule has 0 unspecified atom stereocenters. The number of rotatable bonds is 3. The quantitative estimate of drug-likeness (QED) is 0.708. The van der Waals surface area contributed by atoms with Gasteiger partial charge in [0.25, 0.3) is 0 Å². The van der Waals surface area contributed by atoms with Gasteiger partial charge in [-0.25, -0.2) is 0 Å². The van der Waals surface area contributed by atoms with E-state index in [1.807, 2.05) is 17.5 Å². The summed E-state index contributed by atoms with van der Waals surface area (Å²) in [6, 6.07) is 3.35. The van der Waals surface area contributed by atoms with Gasteiger partial charge in [0, 0.05) is 11.3 Å². The SMILES string of the molecule is COC(=O)[C@H](N)Cc1cccs1. The number of methoxy groups -OCH3 is 1. The maximum Gasteiger partial charge on any atom is 0.323 e. The topological polar surface area (TPSA) is 52.3 Å². The Morgan fingerprint density at radius 2 is 2.58 bits per heavy atom. The predicted molar refractivity (Wildman–Crippen MR) is 48.0 cm³/mol. The third-order valence-electron chi connectivity index (χ3n) is 1.51. The first kappa shape index (κ1) is 9.22. The number of thiophene rings is 1. The largest absolute Gasteiger partial charge is 0.468 e. The van der Waals surface area contributed by atoms with Gasteiger partial charge in [-0.1, -0.05) is 6.07 Å². The van der Waals surface area contributed by atoms with Crippen LogP contribution in [-0.2, 0) is 16.0 Å². The first-order chi connectivity index (χ1) is 5.74. The summed E-state index contributed by atoms with van der Waals surface area (Å²) in [5.41, 5.74) is 5.55. The Bertz CT molecular complexity index is 246. The smallest absolute Gasteiger partial charge is 0.323 e. The fourth-order valence-corrected chi connectivity index (χ4v) is 1.65. The Kier molecular flexibility index (Phi) is 3.25. The van der Waals surface area contributed by atoms with Gasteiger partial charge >= 0.3 is 5.97 Å². The van der Waals surface area contributed by atoms with Crippen LogP contribution in [0.15, 0.2) is 17.5 Å². The zero-order valence-corrected chi connectivity index (χ0v) is 7.64. The summed E-state index contributed by atoms with van der Waals surface area (Å²) in [5.74, 6) is -0.358. The average Bonchev–Trinajstić information content (AvgIpc) is 2.55. The lowest BCUT2D eigenvalue weighted by Gasteiger charge is -2.06. The summed E-state index contributed by atoms with van der Waals surface area (Å²) >= 11 is 1.59. The summed E-state index contributed by atoms with van der Waals surface area (Å²) in [6.45, 7) is 0. The number of carbonyl (C=O) groups excluding carboxylic acids is 1. The Morgan fingerprint density at radius 1 is 1.83 bits per heavy atom. The minimum absolute atomic E-state index is 0.358. The second kappa shape index (κ2) is 4.23. The molecule has 12 heavy (non-hydrogen) atoms. The molecule has 0 aliphatic heterocycles. The van der Waals surface area contributed by atoms with Gasteiger partial charge in [-0.05, 0) is 11.4 Å². The van der Waals surface area contributed by atoms with E-state index in [-0.39, 0.29) is 5.97 Å². The first-order valence-corrected chi connectivity index (χ1v) is 4.48. The molecule has 0 bridgehead atoms. The second-order valence-electron chi connectivity index (χ2n) is 2.41. The Balaban J connectivity index is 2.47. The van der Waals surface area contributed by atoms with E-state index < -0.39 is 6.04 Å². The summed E-state index contributed by atoms with van der Waals surface area (Å²) in [4.78, 5) is 12.0. The fraction of sp³-hybridized carbons (Fsp3) is 0.375. The van der Waals surface area contributed by atoms with Crippen LogP contribution in [0.25, 0.3) is 0 Å². The molecule has 1 aromatic rings. The molecule has 1 rings (SSSR count). The molecule has 1 atom stereocenters. The second-order valence-corrected chi connectivity index (χ2v) is 3.45. The van der Waals surface area contributed by atoms with Gasteiger partial charge in [-0.2, -0.15) is 0 Å². The molecule has 0 aromatic carbocycles. The molecular formula is C8H11NO2S. The number of nitrogens with two attached hydrogens (primary N) is 1. The van der Waals surface area contributed by atoms with Crippen LogP contribution in [0.3, 0.4) is 0 Å². The Hall–Kier alpha value is -0.870. The monoisotopic (exact) mass is 185 g/mol. The third-order valence-corrected chi connectivity index (χ3v) is 2.40. The van der Waals surface area contributed by atoms with Crippen molar-refractivity contribution < 1.29 is 9.53 Å². The molecule has 3 nitrogen and oxygen atoms in total. The standard InChI is InChI=1S/C8H11NO2S/c1-11-8(10)7(9)5-6-3-2-4-12-6/h2-4,7H,5,9H2,1H3/t7-/m1/s1. The van der Waals surface area contributed by atoms with E-state index in [1.54, 1.807) is 11.3 Å². The van der Waals surface area contributed by atoms with Crippen molar-refractivity contribution in [3.8, 4) is 0 Å². The van der Waals surface area contributed by atoms with Crippen LogP contribution in [0.2, 0.25) is 0 Å². The van der Waals surface area contributed by atoms with Crippen molar-refractivity contribution in [3.63, 3.8) is 0 Å². The van der Waals surface area contributed by atoms with E-state index in [0.29, 0.717) is 6.42 Å². The highest BCUT2D eigenvalue weighted by molar-refractivity contribution is 7.09. The van der Waals surface area contributed by atoms with Crippen LogP contribution in [0, 0.1) is 0 Å². The molecule has 0 saturated heterocycles. The van der Waals surface area contributed by atoms with E-state index >= 15 is 0 Å². The first-order valence-electron chi connectivity index (χ1n) is 3.60. The van der Waals surface area contributed by atoms with Crippen molar-refractivity contribution in [2.45, 2.75) is 12.5 Å². The van der Waals surface area contributed by atoms with E-state index in [0.717, 1.165) is 4.88 Å². The van der Waals surface area contributed by atoms with Crippen molar-refractivity contribution >= 4 is 17.3 Å². The van der Waals surface area contributed by atoms with Gasteiger partial charge < -0.3 is 10.5 Å². The van der Waals surface area contributed by atoms with Crippen molar-refractivity contribution in [1.29, 1.82) is 0 Å². The van der Waals surface area contributed by atoms with E-state index in [2.05, 4.69) is 4.74 Å². The van der Waals surface area contributed by atoms with E-state index in [9.17, 15) is 4.79 Å². The number of hydrogen-bond acceptors (Lipinski definition) is 4. The van der Waals surface area contributed by atoms with Gasteiger partial charge in [-0.15, -0.1) is 11.3 Å². The molecule has 66 valence electrons. The molecule has 4 heteroatoms. The average molecular weight is 185 g/mol. The number of esters is 1. The normalized spacial score (nSPS) is 12.5. The predicted octanol–water partition coefficient (Wildman–Crippen LogP) is 0.791. The zero-order valence-electron chi connectivity index (χ0n) is 6.82. The maximum absolute atomic E-state index is 10.9. The number of ether oxygens (including phenoxy) is 1. The van der Waals surface area contributed by atoms with Crippen LogP contribution in [0.5, 0.6) is 0 Å². The maximum atomic E-state index is 10.9. The zero-order chi connectivity index (χ0) is 8.97. The molecule has 1 aromatic heterocycles. The molecule has 0 aliphatic carbocycles. The highest BCUT2D eigenvalue weighted by Crippen LogP contribution is 2.10. The fourth-order valence-electron chi connectivity index (χ4n) is 0.880. The highest BCUT2D eigenvalue weighted by Gasteiger charge is 2.14. The molecule has 0 spiro atoms. The number of hydrogen-bond donors (Lipinski definition) is 1. The summed E-state index contributed by atoms with van der Waals surface area (Å²) in [6.07, 6.45) is 0.560. The third kappa shape index (κ3) is 2.32. The minimum Gasteiger partial charge on any atom is -0.468 e. The molecule has 0 radical (unpaired) electrons. The molecule has 2 N–H and O–H groups in total. The van der Waals surface area contributed by atoms with Crippen LogP contribution < -0.4 is 5.73 Å². The molecule has 0 amide bonds. The minimum atomic E-state index is -0.534. The van der Waals surface area contributed by atoms with Gasteiger partial charge in [0.1, 0.15) is 6.04 Å². The van der Waals surface area contributed by atoms with Gasteiger partial charge in [0.05, 0.1) is 7.11 Å². The van der Waals surface area contributed by atoms with Crippen LogP contribution in [-0.4, -0.2) is 19.1 Å². The van der Waals surface area contributed by atoms with Crippen LogP contribution >= 0.6 is 11.3 Å². The lowest BCUT2D eigenvalue weighted by atomic mass is 10.2. The number of carbonyl (C=O) groups is 1. The van der Waals surface area contributed by atoms with E-state index in [1.165, 1.54) is 7.11 Å². The molecule has 0 saturated carbocycles. The Labute approximate surface area is 75.1 Å². The van der Waals surface area contributed by atoms with Crippen LogP contribution in [0.4, 0.5) is 0 Å². The van der Waals surface area contributed by atoms with Crippen molar-refractivity contribution in [1.82, 2.24) is 0 Å². The van der Waals surface area contributed by atoms with Gasteiger partial charge in [0.2, 0.25) is 0 Å². The molecular weight excluding hydrogens is 174 g/mol. The summed E-state index contributed by atoms with van der Waals surface area (Å²) in [5, 5.41) is 1.96. The van der Waals surface area contributed by atoms with Crippen LogP contribution in [0.1, 0.15) is 4.88 Å². The molecule has 0 fully saturated rings. The van der Waals surface area contributed by atoms with Gasteiger partial charge in [0.15, 0.2) is 0 Å². The summed E-state index contributed by atoms with van der Waals surface area (Å²) < 4.78 is 4.50. The molecule has 1 heterocycles. The van der Waals surface area contributed by atoms with E-state index in [4.69, 9.17) is 5.73 Å². The Morgan fingerprint density at radius 3 is 3.08 bits per heavy atom. The lowest BCUT2D eigenvalue weighted by molar-refractivity contribution is -0.142. The van der Waals surface area contributed by atoms with Crippen molar-refractivity contribution in [2.75, 3.05) is 7.11 Å². The van der Waals surface area contributed by atoms with Crippen molar-refractivity contribution in [3.05, 3.63) is 22.4 Å². The van der Waals surface area contributed by atoms with Gasteiger partial charge in [-0.3, -0.25) is 4.79 Å².